The van der Waals surface area contributed by atoms with Gasteiger partial charge in [0.25, 0.3) is 0 Å². The van der Waals surface area contributed by atoms with Gasteiger partial charge in [-0.25, -0.2) is 9.59 Å². The lowest BCUT2D eigenvalue weighted by Crippen LogP contribution is -2.64. The fourth-order valence-corrected chi connectivity index (χ4v) is 3.27. The van der Waals surface area contributed by atoms with E-state index in [1.165, 1.54) is 4.90 Å². The van der Waals surface area contributed by atoms with Gasteiger partial charge in [0.1, 0.15) is 5.60 Å². The van der Waals surface area contributed by atoms with Gasteiger partial charge in [0.05, 0.1) is 5.54 Å². The molecule has 1 aliphatic carbocycles. The molecule has 1 saturated carbocycles. The summed E-state index contributed by atoms with van der Waals surface area (Å²) in [5.74, 6) is 0.621. The number of ether oxygens (including phenoxy) is 1. The third-order valence-electron chi connectivity index (χ3n) is 3.99. The highest BCUT2D eigenvalue weighted by molar-refractivity contribution is 5.71. The van der Waals surface area contributed by atoms with E-state index in [0.29, 0.717) is 19.0 Å². The molecule has 0 aromatic rings. The van der Waals surface area contributed by atoms with E-state index < -0.39 is 23.3 Å². The molecule has 0 unspecified atom stereocenters. The molecule has 1 heterocycles. The Balaban J connectivity index is 2.03. The molecule has 2 N–H and O–H groups in total. The van der Waals surface area contributed by atoms with Crippen LogP contribution >= 0.6 is 0 Å². The molecule has 1 aliphatic heterocycles. The van der Waals surface area contributed by atoms with E-state index in [1.54, 1.807) is 0 Å². The monoisotopic (exact) mass is 270 g/mol. The normalized spacial score (nSPS) is 33.4. The van der Waals surface area contributed by atoms with Crippen molar-refractivity contribution in [2.75, 3.05) is 13.1 Å². The van der Waals surface area contributed by atoms with Crippen molar-refractivity contribution in [3.05, 3.63) is 0 Å². The van der Waals surface area contributed by atoms with Gasteiger partial charge in [-0.1, -0.05) is 6.92 Å². The topological polar surface area (TPSA) is 78.9 Å². The Labute approximate surface area is 113 Å². The number of fused-ring (bicyclic) bond motifs is 1. The lowest BCUT2D eigenvalue weighted by molar-refractivity contribution is 0.0173. The Kier molecular flexibility index (Phi) is 3.15. The van der Waals surface area contributed by atoms with Crippen molar-refractivity contribution in [2.24, 2.45) is 11.8 Å². The van der Waals surface area contributed by atoms with Gasteiger partial charge in [-0.05, 0) is 33.1 Å². The summed E-state index contributed by atoms with van der Waals surface area (Å²) >= 11 is 0. The van der Waals surface area contributed by atoms with Gasteiger partial charge < -0.3 is 20.1 Å². The molecule has 0 radical (unpaired) electrons. The first-order valence-electron chi connectivity index (χ1n) is 6.62. The minimum absolute atomic E-state index is 0.191. The zero-order valence-electron chi connectivity index (χ0n) is 11.9. The molecule has 19 heavy (non-hydrogen) atoms. The summed E-state index contributed by atoms with van der Waals surface area (Å²) in [6.45, 7) is 8.36. The third-order valence-corrected chi connectivity index (χ3v) is 3.99. The van der Waals surface area contributed by atoms with Crippen molar-refractivity contribution in [2.45, 2.75) is 45.3 Å². The SMILES string of the molecule is C[C@H]1C[C@@]2(NC(=O)OC(C)(C)C)CN(C(=O)O)C[C@@H]12. The Morgan fingerprint density at radius 3 is 2.53 bits per heavy atom. The summed E-state index contributed by atoms with van der Waals surface area (Å²) < 4.78 is 5.26. The summed E-state index contributed by atoms with van der Waals surface area (Å²) in [5, 5.41) is 12.0. The first-order valence-corrected chi connectivity index (χ1v) is 6.62. The van der Waals surface area contributed by atoms with Crippen LogP contribution in [0, 0.1) is 11.8 Å². The van der Waals surface area contributed by atoms with Crippen molar-refractivity contribution in [1.29, 1.82) is 0 Å². The molecule has 0 aromatic heterocycles. The number of nitrogens with one attached hydrogen (secondary N) is 1. The standard InChI is InChI=1S/C13H22N2O4/c1-8-5-13(14-10(16)19-12(2,3)4)7-15(11(17)18)6-9(8)13/h8-9H,5-7H2,1-4H3,(H,14,16)(H,17,18)/t8-,9-,13+/m0/s1. The van der Waals surface area contributed by atoms with E-state index in [4.69, 9.17) is 9.84 Å². The molecule has 0 bridgehead atoms. The molecule has 1 saturated heterocycles. The van der Waals surface area contributed by atoms with Gasteiger partial charge in [-0.2, -0.15) is 0 Å². The van der Waals surface area contributed by atoms with Crippen LogP contribution in [0.3, 0.4) is 0 Å². The Morgan fingerprint density at radius 2 is 2.05 bits per heavy atom. The first kappa shape index (κ1) is 14.0. The second-order valence-electron chi connectivity index (χ2n) is 6.73. The number of carboxylic acid groups (broad SMARTS) is 1. The number of amides is 2. The molecular formula is C13H22N2O4. The number of likely N-dealkylation sites (tertiary alicyclic amines) is 1. The fourth-order valence-electron chi connectivity index (χ4n) is 3.27. The average Bonchev–Trinajstić information content (AvgIpc) is 2.48. The molecule has 2 fully saturated rings. The summed E-state index contributed by atoms with van der Waals surface area (Å²) in [6, 6.07) is 0. The number of nitrogens with zero attached hydrogens (tertiary/aromatic N) is 1. The van der Waals surface area contributed by atoms with Crippen LogP contribution in [-0.2, 0) is 4.74 Å². The summed E-state index contributed by atoms with van der Waals surface area (Å²) in [4.78, 5) is 24.3. The van der Waals surface area contributed by atoms with Gasteiger partial charge in [-0.15, -0.1) is 0 Å². The highest BCUT2D eigenvalue weighted by Crippen LogP contribution is 2.48. The summed E-state index contributed by atoms with van der Waals surface area (Å²) in [6.07, 6.45) is -0.579. The highest BCUT2D eigenvalue weighted by atomic mass is 16.6. The zero-order chi connectivity index (χ0) is 14.4. The number of hydrogen-bond acceptors (Lipinski definition) is 3. The molecule has 6 heteroatoms. The fraction of sp³-hybridized carbons (Fsp3) is 0.846. The predicted octanol–water partition coefficient (Wildman–Crippen LogP) is 1.90. The first-order chi connectivity index (χ1) is 8.63. The van der Waals surface area contributed by atoms with E-state index in [2.05, 4.69) is 12.2 Å². The van der Waals surface area contributed by atoms with E-state index in [-0.39, 0.29) is 5.92 Å². The summed E-state index contributed by atoms with van der Waals surface area (Å²) in [5.41, 5.74) is -0.975. The van der Waals surface area contributed by atoms with Crippen molar-refractivity contribution < 1.29 is 19.4 Å². The van der Waals surface area contributed by atoms with E-state index in [9.17, 15) is 9.59 Å². The minimum Gasteiger partial charge on any atom is -0.465 e. The minimum atomic E-state index is -0.924. The van der Waals surface area contributed by atoms with Crippen molar-refractivity contribution in [3.63, 3.8) is 0 Å². The molecule has 0 spiro atoms. The van der Waals surface area contributed by atoms with Crippen LogP contribution < -0.4 is 5.32 Å². The maximum atomic E-state index is 11.9. The largest absolute Gasteiger partial charge is 0.465 e. The average molecular weight is 270 g/mol. The highest BCUT2D eigenvalue weighted by Gasteiger charge is 2.59. The molecule has 2 aliphatic rings. The number of rotatable bonds is 1. The van der Waals surface area contributed by atoms with E-state index >= 15 is 0 Å². The van der Waals surface area contributed by atoms with Gasteiger partial charge in [-0.3, -0.25) is 0 Å². The van der Waals surface area contributed by atoms with Crippen molar-refractivity contribution >= 4 is 12.2 Å². The smallest absolute Gasteiger partial charge is 0.408 e. The Morgan fingerprint density at radius 1 is 1.42 bits per heavy atom. The number of alkyl carbamates (subject to hydrolysis) is 1. The number of carbonyl (C=O) groups is 2. The summed E-state index contributed by atoms with van der Waals surface area (Å²) in [7, 11) is 0. The van der Waals surface area contributed by atoms with Crippen LogP contribution in [-0.4, -0.2) is 46.4 Å². The maximum Gasteiger partial charge on any atom is 0.408 e. The molecule has 0 aromatic carbocycles. The molecule has 2 rings (SSSR count). The lowest BCUT2D eigenvalue weighted by atomic mass is 9.62. The lowest BCUT2D eigenvalue weighted by Gasteiger charge is -2.49. The van der Waals surface area contributed by atoms with Gasteiger partial charge in [0, 0.05) is 19.0 Å². The van der Waals surface area contributed by atoms with Crippen LogP contribution in [0.5, 0.6) is 0 Å². The molecule has 6 nitrogen and oxygen atoms in total. The van der Waals surface area contributed by atoms with Crippen LogP contribution in [0.15, 0.2) is 0 Å². The van der Waals surface area contributed by atoms with Crippen molar-refractivity contribution in [3.8, 4) is 0 Å². The second-order valence-corrected chi connectivity index (χ2v) is 6.73. The molecule has 2 amide bonds. The number of carbonyl (C=O) groups excluding carboxylic acids is 1. The quantitative estimate of drug-likeness (QED) is 0.762. The van der Waals surface area contributed by atoms with Crippen LogP contribution in [0.1, 0.15) is 34.1 Å². The van der Waals surface area contributed by atoms with Gasteiger partial charge in [0.15, 0.2) is 0 Å². The maximum absolute atomic E-state index is 11.9. The Bertz CT molecular complexity index is 404. The molecule has 108 valence electrons. The van der Waals surface area contributed by atoms with Crippen LogP contribution in [0.25, 0.3) is 0 Å². The van der Waals surface area contributed by atoms with Gasteiger partial charge >= 0.3 is 12.2 Å². The van der Waals surface area contributed by atoms with Crippen LogP contribution in [0.4, 0.5) is 9.59 Å². The second kappa shape index (κ2) is 4.28. The van der Waals surface area contributed by atoms with E-state index in [0.717, 1.165) is 6.42 Å². The predicted molar refractivity (Wildman–Crippen MR) is 69.0 cm³/mol. The zero-order valence-corrected chi connectivity index (χ0v) is 11.9. The van der Waals surface area contributed by atoms with Crippen LogP contribution in [0.2, 0.25) is 0 Å². The number of hydrogen-bond donors (Lipinski definition) is 2. The molecule has 3 atom stereocenters. The van der Waals surface area contributed by atoms with Gasteiger partial charge in [0.2, 0.25) is 0 Å². The Hall–Kier alpha value is -1.46. The third kappa shape index (κ3) is 2.62. The van der Waals surface area contributed by atoms with Crippen molar-refractivity contribution in [1.82, 2.24) is 10.2 Å². The molecular weight excluding hydrogens is 248 g/mol. The van der Waals surface area contributed by atoms with E-state index in [1.807, 2.05) is 20.8 Å².